The Bertz CT molecular complexity index is 55.4. The average molecular weight is 112 g/mol. The summed E-state index contributed by atoms with van der Waals surface area (Å²) in [7, 11) is 3.66. The van der Waals surface area contributed by atoms with E-state index in [4.69, 9.17) is 0 Å². The Morgan fingerprint density at radius 3 is 2.12 bits per heavy atom. The first kappa shape index (κ1) is 6.09. The second-order valence-electron chi connectivity index (χ2n) is 2.54. The van der Waals surface area contributed by atoms with Crippen molar-refractivity contribution in [1.82, 2.24) is 5.32 Å². The van der Waals surface area contributed by atoms with Crippen molar-refractivity contribution in [2.45, 2.75) is 38.1 Å². The largest absolute Gasteiger partial charge is 0.313 e. The fourth-order valence-electron chi connectivity index (χ4n) is 1.31. The molecule has 1 N–H and O–H groups in total. The van der Waals surface area contributed by atoms with Gasteiger partial charge in [0, 0.05) is 13.1 Å². The Morgan fingerprint density at radius 1 is 1.12 bits per heavy atom. The maximum atomic E-state index is 3.66. The molecule has 1 aliphatic carbocycles. The van der Waals surface area contributed by atoms with Crippen LogP contribution in [0.4, 0.5) is 0 Å². The molecule has 0 atom stereocenters. The van der Waals surface area contributed by atoms with E-state index in [2.05, 4.69) is 12.4 Å². The summed E-state index contributed by atoms with van der Waals surface area (Å²) >= 11 is 0. The van der Waals surface area contributed by atoms with Gasteiger partial charge in [0.05, 0.1) is 0 Å². The lowest BCUT2D eigenvalue weighted by Gasteiger charge is -2.19. The Kier molecular flexibility index (Phi) is 2.34. The van der Waals surface area contributed by atoms with Crippen molar-refractivity contribution in [3.05, 3.63) is 7.05 Å². The summed E-state index contributed by atoms with van der Waals surface area (Å²) < 4.78 is 0. The molecule has 0 bridgehead atoms. The summed E-state index contributed by atoms with van der Waals surface area (Å²) in [4.78, 5) is 0. The summed E-state index contributed by atoms with van der Waals surface area (Å²) in [5.74, 6) is 0. The third-order valence-electron chi connectivity index (χ3n) is 1.89. The molecular weight excluding hydrogens is 98.1 g/mol. The molecule has 0 unspecified atom stereocenters. The third-order valence-corrected chi connectivity index (χ3v) is 1.89. The van der Waals surface area contributed by atoms with E-state index >= 15 is 0 Å². The van der Waals surface area contributed by atoms with Crippen molar-refractivity contribution < 1.29 is 0 Å². The van der Waals surface area contributed by atoms with E-state index in [9.17, 15) is 0 Å². The van der Waals surface area contributed by atoms with Gasteiger partial charge in [-0.1, -0.05) is 19.3 Å². The highest BCUT2D eigenvalue weighted by Crippen LogP contribution is 2.16. The van der Waals surface area contributed by atoms with Crippen LogP contribution in [0, 0.1) is 7.05 Å². The van der Waals surface area contributed by atoms with Crippen molar-refractivity contribution in [3.63, 3.8) is 0 Å². The van der Waals surface area contributed by atoms with Crippen molar-refractivity contribution in [2.75, 3.05) is 0 Å². The topological polar surface area (TPSA) is 12.0 Å². The fourth-order valence-corrected chi connectivity index (χ4v) is 1.31. The minimum Gasteiger partial charge on any atom is -0.313 e. The van der Waals surface area contributed by atoms with Gasteiger partial charge in [0.25, 0.3) is 0 Å². The molecule has 1 heteroatoms. The second-order valence-corrected chi connectivity index (χ2v) is 2.54. The molecule has 0 spiro atoms. The number of hydrogen-bond acceptors (Lipinski definition) is 1. The summed E-state index contributed by atoms with van der Waals surface area (Å²) in [6.45, 7) is 0. The maximum absolute atomic E-state index is 3.66. The zero-order valence-corrected chi connectivity index (χ0v) is 5.32. The van der Waals surface area contributed by atoms with Crippen LogP contribution in [0.5, 0.6) is 0 Å². The molecule has 1 fully saturated rings. The SMILES string of the molecule is [CH2]NC1CCCCC1. The van der Waals surface area contributed by atoms with Gasteiger partial charge < -0.3 is 5.32 Å². The molecule has 1 aliphatic rings. The number of nitrogens with one attached hydrogen (secondary N) is 1. The van der Waals surface area contributed by atoms with Crippen LogP contribution in [0.1, 0.15) is 32.1 Å². The Hall–Kier alpha value is -0.0400. The monoisotopic (exact) mass is 112 g/mol. The zero-order valence-electron chi connectivity index (χ0n) is 5.32. The van der Waals surface area contributed by atoms with Gasteiger partial charge in [-0.15, -0.1) is 0 Å². The van der Waals surface area contributed by atoms with Crippen LogP contribution < -0.4 is 5.32 Å². The Labute approximate surface area is 51.5 Å². The highest BCUT2D eigenvalue weighted by atomic mass is 14.9. The van der Waals surface area contributed by atoms with Crippen LogP contribution in [0.25, 0.3) is 0 Å². The summed E-state index contributed by atoms with van der Waals surface area (Å²) in [5, 5.41) is 3.05. The molecule has 0 aromatic heterocycles. The quantitative estimate of drug-likeness (QED) is 0.544. The van der Waals surface area contributed by atoms with Gasteiger partial charge in [-0.25, -0.2) is 0 Å². The molecule has 1 rings (SSSR count). The van der Waals surface area contributed by atoms with Crippen molar-refractivity contribution >= 4 is 0 Å². The van der Waals surface area contributed by atoms with Gasteiger partial charge in [0.1, 0.15) is 0 Å². The molecule has 0 saturated heterocycles. The molecule has 47 valence electrons. The molecule has 1 radical (unpaired) electrons. The molecule has 0 aliphatic heterocycles. The van der Waals surface area contributed by atoms with Crippen LogP contribution in [-0.2, 0) is 0 Å². The van der Waals surface area contributed by atoms with Crippen molar-refractivity contribution in [3.8, 4) is 0 Å². The van der Waals surface area contributed by atoms with Gasteiger partial charge in [0.2, 0.25) is 0 Å². The lowest BCUT2D eigenvalue weighted by Crippen LogP contribution is -2.25. The van der Waals surface area contributed by atoms with Crippen LogP contribution in [0.15, 0.2) is 0 Å². The smallest absolute Gasteiger partial charge is 0.00794 e. The first-order valence-corrected chi connectivity index (χ1v) is 3.46. The first-order valence-electron chi connectivity index (χ1n) is 3.46. The van der Waals surface area contributed by atoms with Gasteiger partial charge in [-0.3, -0.25) is 0 Å². The highest BCUT2D eigenvalue weighted by Gasteiger charge is 2.09. The third kappa shape index (κ3) is 1.48. The molecule has 0 aromatic rings. The second kappa shape index (κ2) is 3.08. The summed E-state index contributed by atoms with van der Waals surface area (Å²) in [6, 6.07) is 0.726. The van der Waals surface area contributed by atoms with E-state index in [1.165, 1.54) is 32.1 Å². The van der Waals surface area contributed by atoms with Gasteiger partial charge in [0.15, 0.2) is 0 Å². The molecular formula is C7H14N. The lowest BCUT2D eigenvalue weighted by molar-refractivity contribution is 0.403. The van der Waals surface area contributed by atoms with E-state index in [0.717, 1.165) is 6.04 Å². The molecule has 0 amide bonds. The van der Waals surface area contributed by atoms with Crippen LogP contribution >= 0.6 is 0 Å². The molecule has 1 nitrogen and oxygen atoms in total. The average Bonchev–Trinajstić information content (AvgIpc) is 1.90. The van der Waals surface area contributed by atoms with E-state index in [-0.39, 0.29) is 0 Å². The maximum Gasteiger partial charge on any atom is 0.00794 e. The summed E-state index contributed by atoms with van der Waals surface area (Å²) in [6.07, 6.45) is 6.89. The van der Waals surface area contributed by atoms with Crippen molar-refractivity contribution in [1.29, 1.82) is 0 Å². The fraction of sp³-hybridized carbons (Fsp3) is 0.857. The van der Waals surface area contributed by atoms with E-state index in [1.54, 1.807) is 0 Å². The number of rotatable bonds is 1. The lowest BCUT2D eigenvalue weighted by atomic mass is 9.96. The minimum atomic E-state index is 0.726. The van der Waals surface area contributed by atoms with E-state index in [1.807, 2.05) is 0 Å². The highest BCUT2D eigenvalue weighted by molar-refractivity contribution is 4.70. The standard InChI is InChI=1S/C7H14N/c1-8-7-5-3-2-4-6-7/h7-8H,1-6H2. The van der Waals surface area contributed by atoms with E-state index < -0.39 is 0 Å². The molecule has 0 aromatic carbocycles. The number of hydrogen-bond donors (Lipinski definition) is 1. The van der Waals surface area contributed by atoms with Gasteiger partial charge in [-0.05, 0) is 12.8 Å². The minimum absolute atomic E-state index is 0.726. The molecule has 8 heavy (non-hydrogen) atoms. The molecule has 1 saturated carbocycles. The van der Waals surface area contributed by atoms with Gasteiger partial charge in [-0.2, -0.15) is 0 Å². The van der Waals surface area contributed by atoms with E-state index in [0.29, 0.717) is 0 Å². The normalized spacial score (nSPS) is 23.6. The van der Waals surface area contributed by atoms with Gasteiger partial charge >= 0.3 is 0 Å². The summed E-state index contributed by atoms with van der Waals surface area (Å²) in [5.41, 5.74) is 0. The van der Waals surface area contributed by atoms with Crippen LogP contribution in [0.3, 0.4) is 0 Å². The first-order chi connectivity index (χ1) is 3.93. The van der Waals surface area contributed by atoms with Crippen LogP contribution in [0.2, 0.25) is 0 Å². The van der Waals surface area contributed by atoms with Crippen LogP contribution in [-0.4, -0.2) is 6.04 Å². The predicted molar refractivity (Wildman–Crippen MR) is 35.4 cm³/mol. The Morgan fingerprint density at radius 2 is 1.75 bits per heavy atom. The predicted octanol–water partition coefficient (Wildman–Crippen LogP) is 1.70. The molecule has 0 heterocycles. The van der Waals surface area contributed by atoms with Crippen molar-refractivity contribution in [2.24, 2.45) is 0 Å². The zero-order chi connectivity index (χ0) is 5.82. The Balaban J connectivity index is 2.13.